The van der Waals surface area contributed by atoms with E-state index in [1.807, 2.05) is 6.08 Å². The zero-order chi connectivity index (χ0) is 17.6. The highest BCUT2D eigenvalue weighted by Gasteiger charge is 2.21. The van der Waals surface area contributed by atoms with Gasteiger partial charge in [0, 0.05) is 23.7 Å². The summed E-state index contributed by atoms with van der Waals surface area (Å²) in [6.45, 7) is 0.542. The van der Waals surface area contributed by atoms with E-state index in [0.29, 0.717) is 40.3 Å². The van der Waals surface area contributed by atoms with Crippen LogP contribution in [0.15, 0.2) is 47.3 Å². The number of benzene rings is 2. The van der Waals surface area contributed by atoms with Crippen LogP contribution in [0, 0.1) is 10.1 Å². The van der Waals surface area contributed by atoms with Gasteiger partial charge in [0.1, 0.15) is 5.82 Å². The second-order valence-electron chi connectivity index (χ2n) is 5.83. The minimum atomic E-state index is -0.428. The lowest BCUT2D eigenvalue weighted by atomic mass is 10.1. The minimum Gasteiger partial charge on any atom is -0.292 e. The van der Waals surface area contributed by atoms with Crippen molar-refractivity contribution in [2.75, 3.05) is 0 Å². The maximum absolute atomic E-state index is 12.6. The number of nitrogens with zero attached hydrogens (tertiary/aromatic N) is 3. The normalized spacial score (nSPS) is 14.8. The van der Waals surface area contributed by atoms with E-state index in [4.69, 9.17) is 11.6 Å². The Morgan fingerprint density at radius 1 is 1.24 bits per heavy atom. The van der Waals surface area contributed by atoms with Gasteiger partial charge in [0.05, 0.1) is 15.8 Å². The van der Waals surface area contributed by atoms with Crippen LogP contribution in [0.3, 0.4) is 0 Å². The first-order chi connectivity index (χ1) is 12.0. The van der Waals surface area contributed by atoms with Gasteiger partial charge in [-0.15, -0.1) is 0 Å². The third kappa shape index (κ3) is 2.70. The highest BCUT2D eigenvalue weighted by atomic mass is 35.5. The van der Waals surface area contributed by atoms with Gasteiger partial charge in [-0.05, 0) is 41.8 Å². The first kappa shape index (κ1) is 15.5. The van der Waals surface area contributed by atoms with Gasteiger partial charge in [-0.1, -0.05) is 23.7 Å². The van der Waals surface area contributed by atoms with Crippen molar-refractivity contribution in [1.82, 2.24) is 9.55 Å². The van der Waals surface area contributed by atoms with E-state index in [1.54, 1.807) is 34.9 Å². The molecule has 25 heavy (non-hydrogen) atoms. The van der Waals surface area contributed by atoms with Gasteiger partial charge in [-0.25, -0.2) is 4.98 Å². The fourth-order valence-corrected chi connectivity index (χ4v) is 3.22. The Balaban J connectivity index is 1.87. The lowest BCUT2D eigenvalue weighted by Gasteiger charge is -2.06. The molecule has 0 bridgehead atoms. The van der Waals surface area contributed by atoms with Gasteiger partial charge in [0.25, 0.3) is 11.2 Å². The number of allylic oxidation sites excluding steroid dienone is 1. The molecule has 0 N–H and O–H groups in total. The molecule has 4 rings (SSSR count). The Bertz CT molecular complexity index is 1120. The Hall–Kier alpha value is -2.99. The molecule has 0 aliphatic carbocycles. The Morgan fingerprint density at radius 2 is 2.08 bits per heavy atom. The molecule has 0 atom stereocenters. The lowest BCUT2D eigenvalue weighted by Crippen LogP contribution is -2.20. The minimum absolute atomic E-state index is 0.0305. The standard InChI is InChI=1S/C18H12ClN3O3/c19-13-4-5-15-16(10-13)20-17-12(6-7-21(17)18(15)23)8-11-2-1-3-14(9-11)22(24)25/h1-5,8-10H,6-7H2. The Labute approximate surface area is 147 Å². The molecule has 0 amide bonds. The smallest absolute Gasteiger partial charge is 0.270 e. The summed E-state index contributed by atoms with van der Waals surface area (Å²) in [6, 6.07) is 11.4. The van der Waals surface area contributed by atoms with Crippen molar-refractivity contribution in [1.29, 1.82) is 0 Å². The van der Waals surface area contributed by atoms with Crippen LogP contribution < -0.4 is 5.56 Å². The molecule has 0 unspecified atom stereocenters. The number of halogens is 1. The molecule has 2 aromatic carbocycles. The predicted octanol–water partition coefficient (Wildman–Crippen LogP) is 3.90. The molecular weight excluding hydrogens is 342 g/mol. The highest BCUT2D eigenvalue weighted by Crippen LogP contribution is 2.28. The van der Waals surface area contributed by atoms with Crippen molar-refractivity contribution in [2.24, 2.45) is 0 Å². The largest absolute Gasteiger partial charge is 0.292 e. The molecule has 0 radical (unpaired) electrons. The van der Waals surface area contributed by atoms with Gasteiger partial charge in [-0.3, -0.25) is 19.5 Å². The van der Waals surface area contributed by atoms with Crippen molar-refractivity contribution in [3.63, 3.8) is 0 Å². The van der Waals surface area contributed by atoms with E-state index in [0.717, 1.165) is 5.57 Å². The summed E-state index contributed by atoms with van der Waals surface area (Å²) in [7, 11) is 0. The predicted molar refractivity (Wildman–Crippen MR) is 96.6 cm³/mol. The SMILES string of the molecule is O=c1c2ccc(Cl)cc2nc2n1CCC2=Cc1cccc([N+](=O)[O-])c1. The fourth-order valence-electron chi connectivity index (χ4n) is 3.06. The lowest BCUT2D eigenvalue weighted by molar-refractivity contribution is -0.384. The molecule has 7 heteroatoms. The number of rotatable bonds is 2. The molecule has 1 aliphatic rings. The van der Waals surface area contributed by atoms with Crippen molar-refractivity contribution in [3.05, 3.63) is 79.3 Å². The molecule has 0 fully saturated rings. The number of aromatic nitrogens is 2. The highest BCUT2D eigenvalue weighted by molar-refractivity contribution is 6.31. The van der Waals surface area contributed by atoms with Gasteiger partial charge in [-0.2, -0.15) is 0 Å². The first-order valence-corrected chi connectivity index (χ1v) is 8.06. The second-order valence-corrected chi connectivity index (χ2v) is 6.26. The van der Waals surface area contributed by atoms with Crippen molar-refractivity contribution < 1.29 is 4.92 Å². The average molecular weight is 354 g/mol. The maximum Gasteiger partial charge on any atom is 0.270 e. The number of nitro groups is 1. The van der Waals surface area contributed by atoms with E-state index >= 15 is 0 Å². The van der Waals surface area contributed by atoms with Crippen LogP contribution in [0.5, 0.6) is 0 Å². The monoisotopic (exact) mass is 353 g/mol. The molecule has 2 heterocycles. The number of hydrogen-bond donors (Lipinski definition) is 0. The van der Waals surface area contributed by atoms with E-state index in [-0.39, 0.29) is 11.2 Å². The average Bonchev–Trinajstić information content (AvgIpc) is 2.98. The van der Waals surface area contributed by atoms with Gasteiger partial charge in [0.15, 0.2) is 0 Å². The molecule has 1 aliphatic heterocycles. The van der Waals surface area contributed by atoms with Crippen LogP contribution in [0.1, 0.15) is 17.8 Å². The zero-order valence-corrected chi connectivity index (χ0v) is 13.7. The molecule has 1 aromatic heterocycles. The van der Waals surface area contributed by atoms with Crippen LogP contribution in [0.25, 0.3) is 22.6 Å². The molecule has 0 saturated heterocycles. The van der Waals surface area contributed by atoms with Crippen LogP contribution in [-0.2, 0) is 6.54 Å². The topological polar surface area (TPSA) is 78.0 Å². The van der Waals surface area contributed by atoms with E-state index in [9.17, 15) is 14.9 Å². The van der Waals surface area contributed by atoms with Crippen LogP contribution >= 0.6 is 11.6 Å². The van der Waals surface area contributed by atoms with Crippen LogP contribution in [-0.4, -0.2) is 14.5 Å². The number of hydrogen-bond acceptors (Lipinski definition) is 4. The summed E-state index contributed by atoms with van der Waals surface area (Å²) in [5.74, 6) is 0.589. The second kappa shape index (κ2) is 5.82. The summed E-state index contributed by atoms with van der Waals surface area (Å²) < 4.78 is 1.64. The number of non-ortho nitro benzene ring substituents is 1. The van der Waals surface area contributed by atoms with Crippen LogP contribution in [0.4, 0.5) is 5.69 Å². The molecular formula is C18H12ClN3O3. The summed E-state index contributed by atoms with van der Waals surface area (Å²) in [4.78, 5) is 27.7. The van der Waals surface area contributed by atoms with Gasteiger partial charge in [0.2, 0.25) is 0 Å². The summed E-state index contributed by atoms with van der Waals surface area (Å²) >= 11 is 6.01. The third-order valence-corrected chi connectivity index (χ3v) is 4.47. The summed E-state index contributed by atoms with van der Waals surface area (Å²) in [5, 5.41) is 12.0. The molecule has 0 spiro atoms. The van der Waals surface area contributed by atoms with E-state index in [1.165, 1.54) is 12.1 Å². The van der Waals surface area contributed by atoms with Gasteiger partial charge < -0.3 is 0 Å². The Kier molecular flexibility index (Phi) is 3.62. The Morgan fingerprint density at radius 3 is 2.88 bits per heavy atom. The first-order valence-electron chi connectivity index (χ1n) is 7.68. The van der Waals surface area contributed by atoms with E-state index in [2.05, 4.69) is 4.98 Å². The number of fused-ring (bicyclic) bond motifs is 2. The van der Waals surface area contributed by atoms with Crippen molar-refractivity contribution >= 4 is 39.8 Å². The fraction of sp³-hybridized carbons (Fsp3) is 0.111. The van der Waals surface area contributed by atoms with Gasteiger partial charge >= 0.3 is 0 Å². The third-order valence-electron chi connectivity index (χ3n) is 4.23. The zero-order valence-electron chi connectivity index (χ0n) is 13.0. The molecule has 0 saturated carbocycles. The molecule has 6 nitrogen and oxygen atoms in total. The number of nitro benzene ring substituents is 1. The molecule has 124 valence electrons. The van der Waals surface area contributed by atoms with Crippen molar-refractivity contribution in [3.8, 4) is 0 Å². The molecule has 3 aromatic rings. The summed E-state index contributed by atoms with van der Waals surface area (Å²) in [6.07, 6.45) is 2.49. The van der Waals surface area contributed by atoms with Crippen LogP contribution in [0.2, 0.25) is 5.02 Å². The maximum atomic E-state index is 12.6. The van der Waals surface area contributed by atoms with Crippen molar-refractivity contribution in [2.45, 2.75) is 13.0 Å². The van der Waals surface area contributed by atoms with E-state index < -0.39 is 4.92 Å². The quantitative estimate of drug-likeness (QED) is 0.517. The summed E-state index contributed by atoms with van der Waals surface area (Å²) in [5.41, 5.74) is 2.07.